The van der Waals surface area contributed by atoms with Crippen molar-refractivity contribution in [1.82, 2.24) is 10.5 Å². The molecule has 232 valence electrons. The predicted octanol–water partition coefficient (Wildman–Crippen LogP) is 3.26. The van der Waals surface area contributed by atoms with E-state index in [1.54, 1.807) is 13.0 Å². The van der Waals surface area contributed by atoms with Crippen LogP contribution in [-0.4, -0.2) is 69.6 Å². The Labute approximate surface area is 238 Å². The number of carbonyl (C=O) groups excluding carboxylic acids is 3. The fraction of sp³-hybridized carbons (Fsp3) is 0.500. The lowest BCUT2D eigenvalue weighted by atomic mass is 9.86. The maximum absolute atomic E-state index is 13.1. The molecule has 0 unspecified atom stereocenters. The molecule has 0 spiro atoms. The van der Waals surface area contributed by atoms with Gasteiger partial charge >= 0.3 is 18.1 Å². The summed E-state index contributed by atoms with van der Waals surface area (Å²) in [7, 11) is 0. The quantitative estimate of drug-likeness (QED) is 0.241. The number of rotatable bonds is 8. The average Bonchev–Trinajstić information content (AvgIpc) is 3.31. The van der Waals surface area contributed by atoms with Crippen LogP contribution in [-0.2, 0) is 19.1 Å². The summed E-state index contributed by atoms with van der Waals surface area (Å²) >= 11 is 0. The number of nitrogens with zero attached hydrogens (tertiary/aromatic N) is 1. The maximum Gasteiger partial charge on any atom is 0.490 e. The summed E-state index contributed by atoms with van der Waals surface area (Å²) in [5, 5.41) is 37.1. The Bertz CT molecular complexity index is 1290. The van der Waals surface area contributed by atoms with E-state index in [1.807, 2.05) is 13.8 Å². The van der Waals surface area contributed by atoms with Gasteiger partial charge in [0.05, 0.1) is 12.1 Å². The van der Waals surface area contributed by atoms with Crippen LogP contribution < -0.4 is 16.4 Å². The van der Waals surface area contributed by atoms with Gasteiger partial charge in [-0.25, -0.2) is 4.79 Å². The van der Waals surface area contributed by atoms with Crippen LogP contribution in [0.25, 0.3) is 11.3 Å². The molecule has 1 saturated carbocycles. The molecule has 7 N–H and O–H groups in total. The van der Waals surface area contributed by atoms with Gasteiger partial charge in [0.25, 0.3) is 5.91 Å². The molecule has 1 fully saturated rings. The number of phenolic OH excluding ortho intramolecular Hbond substituents is 2. The zero-order valence-corrected chi connectivity index (χ0v) is 23.1. The number of anilines is 1. The number of ether oxygens (including phenoxy) is 1. The maximum atomic E-state index is 13.1. The molecule has 42 heavy (non-hydrogen) atoms. The molecule has 1 aromatic carbocycles. The van der Waals surface area contributed by atoms with E-state index in [0.717, 1.165) is 0 Å². The Morgan fingerprint density at radius 2 is 1.71 bits per heavy atom. The number of nitrogens with one attached hydrogen (secondary N) is 2. The monoisotopic (exact) mass is 602 g/mol. The highest BCUT2D eigenvalue weighted by molar-refractivity contribution is 6.06. The summed E-state index contributed by atoms with van der Waals surface area (Å²) in [6.07, 6.45) is -3.38. The Hall–Kier alpha value is -4.34. The van der Waals surface area contributed by atoms with Gasteiger partial charge in [0.1, 0.15) is 23.3 Å². The third kappa shape index (κ3) is 8.83. The van der Waals surface area contributed by atoms with E-state index in [1.165, 1.54) is 6.07 Å². The van der Waals surface area contributed by atoms with Gasteiger partial charge in [-0.3, -0.25) is 14.4 Å². The third-order valence-corrected chi connectivity index (χ3v) is 6.26. The minimum absolute atomic E-state index is 0.00423. The number of alkyl halides is 3. The normalized spacial score (nSPS) is 16.7. The second kappa shape index (κ2) is 14.5. The number of benzene rings is 1. The van der Waals surface area contributed by atoms with Crippen LogP contribution in [0.2, 0.25) is 0 Å². The topological polar surface area (TPSA) is 214 Å². The molecule has 0 saturated heterocycles. The molecule has 3 rings (SSSR count). The minimum atomic E-state index is -5.08. The summed E-state index contributed by atoms with van der Waals surface area (Å²) in [5.41, 5.74) is 5.93. The lowest BCUT2D eigenvalue weighted by molar-refractivity contribution is -0.192. The number of halogens is 3. The van der Waals surface area contributed by atoms with Gasteiger partial charge in [0, 0.05) is 18.5 Å². The second-order valence-corrected chi connectivity index (χ2v) is 9.64. The molecule has 1 aliphatic carbocycles. The Morgan fingerprint density at radius 1 is 1.12 bits per heavy atom. The van der Waals surface area contributed by atoms with Gasteiger partial charge in [-0.15, -0.1) is 0 Å². The molecule has 13 nitrogen and oxygen atoms in total. The van der Waals surface area contributed by atoms with E-state index in [0.29, 0.717) is 37.8 Å². The van der Waals surface area contributed by atoms with Crippen LogP contribution in [0.15, 0.2) is 16.7 Å². The standard InChI is InChI=1S/C24H32N4O7.C2HF3O2/c1-4-26-24(33)21-20(27-23(32)13-5-7-14(8-6-13)34-19(31)11-25)22(35-28-21)16-9-15(12(2)3)17(29)10-18(16)30;3-2(4,5)1(6)7/h9-10,12-14,29-30H,4-8,11,25H2,1-3H3,(H,26,33)(H,27,32);(H,6,7). The number of aromatic nitrogens is 1. The van der Waals surface area contributed by atoms with Crippen molar-refractivity contribution in [1.29, 1.82) is 0 Å². The number of amides is 2. The molecule has 0 aliphatic heterocycles. The van der Waals surface area contributed by atoms with Crippen LogP contribution in [0.4, 0.5) is 18.9 Å². The van der Waals surface area contributed by atoms with E-state index in [-0.39, 0.29) is 64.6 Å². The predicted molar refractivity (Wildman–Crippen MR) is 141 cm³/mol. The van der Waals surface area contributed by atoms with Crippen molar-refractivity contribution in [3.05, 3.63) is 23.4 Å². The molecule has 1 aromatic heterocycles. The number of esters is 1. The Balaban J connectivity index is 0.000000782. The average molecular weight is 603 g/mol. The molecule has 2 amide bonds. The zero-order chi connectivity index (χ0) is 31.8. The SMILES string of the molecule is CCNC(=O)c1noc(-c2cc(C(C)C)c(O)cc2O)c1NC(=O)C1CCC(OC(=O)CN)CC1.O=C(O)C(F)(F)F. The smallest absolute Gasteiger partial charge is 0.490 e. The number of aliphatic carboxylic acids is 1. The number of carboxylic acid groups (broad SMARTS) is 1. The van der Waals surface area contributed by atoms with Crippen molar-refractivity contribution < 1.29 is 56.9 Å². The molecule has 2 aromatic rings. The second-order valence-electron chi connectivity index (χ2n) is 9.64. The number of carboxylic acids is 1. The number of phenols is 2. The number of nitrogens with two attached hydrogens (primary N) is 1. The highest BCUT2D eigenvalue weighted by Crippen LogP contribution is 2.42. The van der Waals surface area contributed by atoms with Crippen molar-refractivity contribution in [3.63, 3.8) is 0 Å². The van der Waals surface area contributed by atoms with Crippen molar-refractivity contribution in [3.8, 4) is 22.8 Å². The van der Waals surface area contributed by atoms with Gasteiger partial charge in [0.2, 0.25) is 5.91 Å². The van der Waals surface area contributed by atoms with Gasteiger partial charge in [-0.2, -0.15) is 13.2 Å². The van der Waals surface area contributed by atoms with Gasteiger partial charge in [-0.05, 0) is 50.2 Å². The first-order valence-corrected chi connectivity index (χ1v) is 12.9. The Kier molecular flexibility index (Phi) is 11.7. The highest BCUT2D eigenvalue weighted by atomic mass is 19.4. The van der Waals surface area contributed by atoms with Crippen molar-refractivity contribution in [2.45, 2.75) is 64.7 Å². The summed E-state index contributed by atoms with van der Waals surface area (Å²) in [6, 6.07) is 2.73. The van der Waals surface area contributed by atoms with Crippen LogP contribution in [0.5, 0.6) is 11.5 Å². The first-order valence-electron chi connectivity index (χ1n) is 12.9. The lowest BCUT2D eigenvalue weighted by Gasteiger charge is -2.27. The summed E-state index contributed by atoms with van der Waals surface area (Å²) < 4.78 is 42.4. The van der Waals surface area contributed by atoms with Crippen LogP contribution in [0, 0.1) is 5.92 Å². The number of hydrogen-bond acceptors (Lipinski definition) is 10. The van der Waals surface area contributed by atoms with Gasteiger partial charge in [-0.1, -0.05) is 19.0 Å². The summed E-state index contributed by atoms with van der Waals surface area (Å²) in [5.74, 6) is -4.94. The molecule has 16 heteroatoms. The van der Waals surface area contributed by atoms with Gasteiger partial charge < -0.3 is 40.9 Å². The Morgan fingerprint density at radius 3 is 2.21 bits per heavy atom. The summed E-state index contributed by atoms with van der Waals surface area (Å²) in [4.78, 5) is 46.1. The molecule has 0 bridgehead atoms. The van der Waals surface area contributed by atoms with Crippen molar-refractivity contribution in [2.24, 2.45) is 11.7 Å². The fourth-order valence-electron chi connectivity index (χ4n) is 4.13. The van der Waals surface area contributed by atoms with E-state index in [2.05, 4.69) is 15.8 Å². The zero-order valence-electron chi connectivity index (χ0n) is 23.1. The lowest BCUT2D eigenvalue weighted by Crippen LogP contribution is -2.33. The first-order chi connectivity index (χ1) is 19.6. The van der Waals surface area contributed by atoms with Crippen LogP contribution in [0.1, 0.15) is 68.4 Å². The molecule has 1 aliphatic rings. The number of carbonyl (C=O) groups is 4. The molecule has 0 atom stereocenters. The van der Waals surface area contributed by atoms with E-state index in [9.17, 15) is 37.8 Å². The van der Waals surface area contributed by atoms with Crippen LogP contribution in [0.3, 0.4) is 0 Å². The molecule has 0 radical (unpaired) electrons. The van der Waals surface area contributed by atoms with E-state index in [4.69, 9.17) is 24.9 Å². The number of aromatic hydroxyl groups is 2. The highest BCUT2D eigenvalue weighted by Gasteiger charge is 2.38. The van der Waals surface area contributed by atoms with Crippen molar-refractivity contribution in [2.75, 3.05) is 18.4 Å². The molecular weight excluding hydrogens is 569 g/mol. The van der Waals surface area contributed by atoms with Gasteiger partial charge in [0.15, 0.2) is 11.5 Å². The van der Waals surface area contributed by atoms with E-state index >= 15 is 0 Å². The van der Waals surface area contributed by atoms with Crippen molar-refractivity contribution >= 4 is 29.4 Å². The van der Waals surface area contributed by atoms with Crippen LogP contribution >= 0.6 is 0 Å². The number of hydrogen-bond donors (Lipinski definition) is 6. The molecule has 1 heterocycles. The molecular formula is C26H33F3N4O9. The van der Waals surface area contributed by atoms with E-state index < -0.39 is 24.0 Å². The fourth-order valence-corrected chi connectivity index (χ4v) is 4.13. The minimum Gasteiger partial charge on any atom is -0.508 e. The largest absolute Gasteiger partial charge is 0.508 e. The third-order valence-electron chi connectivity index (χ3n) is 6.26. The summed E-state index contributed by atoms with van der Waals surface area (Å²) in [6.45, 7) is 5.64. The first kappa shape index (κ1) is 33.9.